The van der Waals surface area contributed by atoms with Crippen LogP contribution in [0, 0.1) is 17.7 Å². The van der Waals surface area contributed by atoms with Gasteiger partial charge >= 0.3 is 6.09 Å². The molecule has 0 aromatic heterocycles. The first-order chi connectivity index (χ1) is 14.4. The van der Waals surface area contributed by atoms with Gasteiger partial charge in [0.1, 0.15) is 16.9 Å². The summed E-state index contributed by atoms with van der Waals surface area (Å²) < 4.78 is 16.3. The minimum Gasteiger partial charge on any atom is -0.496 e. The van der Waals surface area contributed by atoms with Crippen LogP contribution < -0.4 is 10.1 Å². The number of carbonyl (C=O) groups is 1. The van der Waals surface area contributed by atoms with Crippen LogP contribution in [-0.4, -0.2) is 36.1 Å². The fourth-order valence-electron chi connectivity index (χ4n) is 2.98. The molecular weight excluding hydrogens is 394 g/mol. The summed E-state index contributed by atoms with van der Waals surface area (Å²) >= 11 is 0. The molecule has 0 radical (unpaired) electrons. The summed E-state index contributed by atoms with van der Waals surface area (Å²) in [6.07, 6.45) is -0.386. The van der Waals surface area contributed by atoms with Crippen molar-refractivity contribution in [3.05, 3.63) is 65.2 Å². The van der Waals surface area contributed by atoms with E-state index < -0.39 is 17.2 Å². The molecule has 31 heavy (non-hydrogen) atoms. The van der Waals surface area contributed by atoms with Crippen LogP contribution in [0.4, 0.5) is 4.79 Å². The summed E-state index contributed by atoms with van der Waals surface area (Å²) in [5.74, 6) is -0.0557. The quantitative estimate of drug-likeness (QED) is 0.454. The Morgan fingerprint density at radius 1 is 1.03 bits per heavy atom. The Kier molecular flexibility index (Phi) is 7.44. The molecule has 2 aromatic carbocycles. The van der Waals surface area contributed by atoms with E-state index >= 15 is 0 Å². The molecule has 0 bridgehead atoms. The van der Waals surface area contributed by atoms with Crippen LogP contribution in [0.25, 0.3) is 0 Å². The maximum absolute atomic E-state index is 12.5. The van der Waals surface area contributed by atoms with Gasteiger partial charge in [0.05, 0.1) is 12.7 Å². The molecule has 7 nitrogen and oxygen atoms in total. The van der Waals surface area contributed by atoms with E-state index in [0.717, 1.165) is 11.1 Å². The first-order valence-electron chi connectivity index (χ1n) is 9.99. The lowest BCUT2D eigenvalue weighted by Crippen LogP contribution is -2.55. The molecule has 0 aliphatic rings. The van der Waals surface area contributed by atoms with Crippen molar-refractivity contribution >= 4 is 17.9 Å². The van der Waals surface area contributed by atoms with Crippen molar-refractivity contribution in [1.82, 2.24) is 5.32 Å². The second-order valence-electron chi connectivity index (χ2n) is 8.59. The zero-order chi connectivity index (χ0) is 23.2. The van der Waals surface area contributed by atoms with Crippen molar-refractivity contribution < 1.29 is 19.0 Å². The fourth-order valence-corrected chi connectivity index (χ4v) is 2.98. The highest BCUT2D eigenvalue weighted by Crippen LogP contribution is 2.23. The van der Waals surface area contributed by atoms with Gasteiger partial charge in [-0.05, 0) is 52.3 Å². The van der Waals surface area contributed by atoms with Crippen LogP contribution in [0.1, 0.15) is 44.4 Å². The van der Waals surface area contributed by atoms with Gasteiger partial charge in [-0.2, -0.15) is 0 Å². The molecule has 1 atom stereocenters. The number of alkyl carbamates (subject to hydrolysis) is 1. The number of hydrogen-bond donors (Lipinski definition) is 3. The summed E-state index contributed by atoms with van der Waals surface area (Å²) in [6.45, 7) is 8.87. The van der Waals surface area contributed by atoms with Crippen molar-refractivity contribution in [2.45, 2.75) is 52.2 Å². The molecule has 0 saturated carbocycles. The second-order valence-corrected chi connectivity index (χ2v) is 8.59. The van der Waals surface area contributed by atoms with E-state index in [1.54, 1.807) is 39.8 Å². The summed E-state index contributed by atoms with van der Waals surface area (Å²) in [6, 6.07) is 14.8. The Hall–Kier alpha value is -3.35. The highest BCUT2D eigenvalue weighted by atomic mass is 16.6. The summed E-state index contributed by atoms with van der Waals surface area (Å²) in [4.78, 5) is 12.5. The average Bonchev–Trinajstić information content (AvgIpc) is 2.66. The second kappa shape index (κ2) is 9.64. The standard InChI is InChI=1S/C24H31N3O4/c1-16-12-13-19(29-6)18(14-16)20(25)30-21(26)24(5,15-17-10-8-7-9-11-17)27-22(28)31-23(2,3)4/h7-14,25-26H,15H2,1-6H3,(H,27,28). The van der Waals surface area contributed by atoms with Gasteiger partial charge in [-0.3, -0.25) is 10.8 Å². The predicted molar refractivity (Wildman–Crippen MR) is 121 cm³/mol. The Balaban J connectivity index is 2.30. The third kappa shape index (κ3) is 6.84. The zero-order valence-electron chi connectivity index (χ0n) is 19.0. The molecule has 1 unspecified atom stereocenters. The summed E-state index contributed by atoms with van der Waals surface area (Å²) in [5.41, 5.74) is 0.311. The van der Waals surface area contributed by atoms with Gasteiger partial charge in [-0.1, -0.05) is 42.0 Å². The Morgan fingerprint density at radius 2 is 1.68 bits per heavy atom. The third-order valence-electron chi connectivity index (χ3n) is 4.48. The molecule has 0 aliphatic carbocycles. The van der Waals surface area contributed by atoms with Gasteiger partial charge in [-0.15, -0.1) is 0 Å². The molecule has 1 amide bonds. The number of ether oxygens (including phenoxy) is 3. The highest BCUT2D eigenvalue weighted by molar-refractivity contribution is 6.04. The number of carbonyl (C=O) groups excluding carboxylic acids is 1. The third-order valence-corrected chi connectivity index (χ3v) is 4.48. The minimum atomic E-state index is -1.24. The first kappa shape index (κ1) is 23.9. The van der Waals surface area contributed by atoms with Gasteiger partial charge in [0.25, 0.3) is 0 Å². The molecule has 0 fully saturated rings. The number of benzene rings is 2. The number of nitrogens with one attached hydrogen (secondary N) is 3. The molecule has 166 valence electrons. The Morgan fingerprint density at radius 3 is 2.26 bits per heavy atom. The molecular formula is C24H31N3O4. The SMILES string of the molecule is COc1ccc(C)cc1C(=N)OC(=N)C(C)(Cc1ccccc1)NC(=O)OC(C)(C)C. The monoisotopic (exact) mass is 425 g/mol. The van der Waals surface area contributed by atoms with Crippen molar-refractivity contribution in [1.29, 1.82) is 10.8 Å². The predicted octanol–water partition coefficient (Wildman–Crippen LogP) is 4.85. The Labute approximate surface area is 183 Å². The van der Waals surface area contributed by atoms with Gasteiger partial charge in [0.2, 0.25) is 11.8 Å². The van der Waals surface area contributed by atoms with E-state index in [1.807, 2.05) is 43.3 Å². The number of amides is 1. The lowest BCUT2D eigenvalue weighted by atomic mass is 9.92. The molecule has 0 saturated heterocycles. The molecule has 0 spiro atoms. The molecule has 2 rings (SSSR count). The molecule has 7 heteroatoms. The summed E-state index contributed by atoms with van der Waals surface area (Å²) in [7, 11) is 1.51. The van der Waals surface area contributed by atoms with Gasteiger partial charge in [0.15, 0.2) is 0 Å². The van der Waals surface area contributed by atoms with E-state index in [1.165, 1.54) is 7.11 Å². The molecule has 3 N–H and O–H groups in total. The van der Waals surface area contributed by atoms with E-state index in [0.29, 0.717) is 11.3 Å². The van der Waals surface area contributed by atoms with E-state index in [2.05, 4.69) is 5.32 Å². The van der Waals surface area contributed by atoms with E-state index in [-0.39, 0.29) is 18.2 Å². The highest BCUT2D eigenvalue weighted by Gasteiger charge is 2.36. The topological polar surface area (TPSA) is 104 Å². The molecule has 2 aromatic rings. The maximum atomic E-state index is 12.5. The van der Waals surface area contributed by atoms with Crippen molar-refractivity contribution in [3.63, 3.8) is 0 Å². The van der Waals surface area contributed by atoms with Crippen LogP contribution in [0.2, 0.25) is 0 Å². The van der Waals surface area contributed by atoms with Crippen LogP contribution >= 0.6 is 0 Å². The number of hydrogen-bond acceptors (Lipinski definition) is 6. The van der Waals surface area contributed by atoms with Crippen LogP contribution in [0.5, 0.6) is 5.75 Å². The first-order valence-corrected chi connectivity index (χ1v) is 9.99. The summed E-state index contributed by atoms with van der Waals surface area (Å²) in [5, 5.41) is 19.8. The lowest BCUT2D eigenvalue weighted by molar-refractivity contribution is 0.0484. The Bertz CT molecular complexity index is 951. The number of methoxy groups -OCH3 is 1. The number of aryl methyl sites for hydroxylation is 1. The fraction of sp³-hybridized carbons (Fsp3) is 0.375. The lowest BCUT2D eigenvalue weighted by Gasteiger charge is -2.32. The van der Waals surface area contributed by atoms with Crippen molar-refractivity contribution in [3.8, 4) is 5.75 Å². The molecule has 0 aliphatic heterocycles. The largest absolute Gasteiger partial charge is 0.496 e. The smallest absolute Gasteiger partial charge is 0.408 e. The normalized spacial score (nSPS) is 13.0. The average molecular weight is 426 g/mol. The van der Waals surface area contributed by atoms with Crippen LogP contribution in [0.3, 0.4) is 0 Å². The zero-order valence-corrected chi connectivity index (χ0v) is 19.0. The van der Waals surface area contributed by atoms with Crippen molar-refractivity contribution in [2.75, 3.05) is 7.11 Å². The van der Waals surface area contributed by atoms with Crippen molar-refractivity contribution in [2.24, 2.45) is 0 Å². The van der Waals surface area contributed by atoms with Gasteiger partial charge in [-0.25, -0.2) is 4.79 Å². The minimum absolute atomic E-state index is 0.240. The van der Waals surface area contributed by atoms with E-state index in [4.69, 9.17) is 25.0 Å². The van der Waals surface area contributed by atoms with E-state index in [9.17, 15) is 4.79 Å². The van der Waals surface area contributed by atoms with Crippen LogP contribution in [-0.2, 0) is 15.9 Å². The van der Waals surface area contributed by atoms with Crippen LogP contribution in [0.15, 0.2) is 48.5 Å². The van der Waals surface area contributed by atoms with Gasteiger partial charge in [0, 0.05) is 6.42 Å². The maximum Gasteiger partial charge on any atom is 0.408 e. The molecule has 0 heterocycles. The number of rotatable bonds is 6. The van der Waals surface area contributed by atoms with Gasteiger partial charge < -0.3 is 19.5 Å².